The van der Waals surface area contributed by atoms with Crippen LogP contribution >= 0.6 is 0 Å². The zero-order valence-corrected chi connectivity index (χ0v) is 14.5. The molecule has 0 aromatic heterocycles. The molecule has 0 aliphatic carbocycles. The van der Waals surface area contributed by atoms with Crippen molar-refractivity contribution in [2.75, 3.05) is 18.4 Å². The molecule has 4 nitrogen and oxygen atoms in total. The van der Waals surface area contributed by atoms with Crippen LogP contribution in [0.25, 0.3) is 0 Å². The number of ether oxygens (including phenoxy) is 1. The molecule has 0 heterocycles. The Hall–Kier alpha value is -3.27. The van der Waals surface area contributed by atoms with Crippen LogP contribution in [0, 0.1) is 0 Å². The number of carbonyl (C=O) groups is 1. The highest BCUT2D eigenvalue weighted by molar-refractivity contribution is 5.97. The lowest BCUT2D eigenvalue weighted by atomic mass is 10.2. The zero-order chi connectivity index (χ0) is 18.0. The molecular formula is C22H22N2O2. The maximum atomic E-state index is 12.5. The largest absolute Gasteiger partial charge is 0.457 e. The first-order valence-corrected chi connectivity index (χ1v) is 8.72. The Balaban J connectivity index is 1.50. The Labute approximate surface area is 153 Å². The number of nitrogens with one attached hydrogen (secondary N) is 2. The molecule has 0 aliphatic rings. The van der Waals surface area contributed by atoms with Crippen molar-refractivity contribution in [1.29, 1.82) is 0 Å². The predicted molar refractivity (Wildman–Crippen MR) is 105 cm³/mol. The zero-order valence-electron chi connectivity index (χ0n) is 14.5. The van der Waals surface area contributed by atoms with E-state index in [4.69, 9.17) is 4.74 Å². The molecule has 3 aromatic rings. The van der Waals surface area contributed by atoms with Gasteiger partial charge in [-0.2, -0.15) is 0 Å². The number of hydrogen-bond donors (Lipinski definition) is 2. The molecule has 0 bridgehead atoms. The van der Waals surface area contributed by atoms with E-state index in [1.165, 1.54) is 0 Å². The highest BCUT2D eigenvalue weighted by atomic mass is 16.5. The number of hydrogen-bond acceptors (Lipinski definition) is 3. The van der Waals surface area contributed by atoms with Gasteiger partial charge in [-0.1, -0.05) is 48.5 Å². The number of rotatable bonds is 8. The molecule has 3 rings (SSSR count). The van der Waals surface area contributed by atoms with Crippen LogP contribution in [0.15, 0.2) is 84.9 Å². The minimum atomic E-state index is -0.128. The molecule has 0 atom stereocenters. The second-order valence-corrected chi connectivity index (χ2v) is 5.81. The normalized spacial score (nSPS) is 10.2. The van der Waals surface area contributed by atoms with Gasteiger partial charge in [0.15, 0.2) is 0 Å². The Morgan fingerprint density at radius 2 is 1.42 bits per heavy atom. The fourth-order valence-electron chi connectivity index (χ4n) is 2.53. The van der Waals surface area contributed by atoms with Crippen molar-refractivity contribution in [3.8, 4) is 11.5 Å². The van der Waals surface area contributed by atoms with Crippen molar-refractivity contribution < 1.29 is 9.53 Å². The summed E-state index contributed by atoms with van der Waals surface area (Å²) in [6.07, 6.45) is 0.836. The van der Waals surface area contributed by atoms with E-state index < -0.39 is 0 Å². The Kier molecular flexibility index (Phi) is 6.26. The summed E-state index contributed by atoms with van der Waals surface area (Å²) in [6.45, 7) is 1.39. The molecule has 4 heteroatoms. The molecule has 0 saturated heterocycles. The van der Waals surface area contributed by atoms with E-state index in [9.17, 15) is 4.79 Å². The van der Waals surface area contributed by atoms with Gasteiger partial charge < -0.3 is 15.4 Å². The fraction of sp³-hybridized carbons (Fsp3) is 0.136. The maximum Gasteiger partial charge on any atom is 0.255 e. The molecule has 0 saturated carbocycles. The first kappa shape index (κ1) is 17.5. The van der Waals surface area contributed by atoms with Crippen LogP contribution < -0.4 is 15.4 Å². The van der Waals surface area contributed by atoms with Crippen LogP contribution in [-0.4, -0.2) is 19.0 Å². The molecule has 0 unspecified atom stereocenters. The Bertz CT molecular complexity index is 820. The highest BCUT2D eigenvalue weighted by Gasteiger charge is 2.12. The monoisotopic (exact) mass is 346 g/mol. The smallest absolute Gasteiger partial charge is 0.255 e. The van der Waals surface area contributed by atoms with Crippen LogP contribution in [0.3, 0.4) is 0 Å². The number of benzene rings is 3. The molecule has 132 valence electrons. The van der Waals surface area contributed by atoms with Crippen LogP contribution in [-0.2, 0) is 0 Å². The van der Waals surface area contributed by atoms with Crippen LogP contribution in [0.1, 0.15) is 16.8 Å². The van der Waals surface area contributed by atoms with Gasteiger partial charge >= 0.3 is 0 Å². The third-order valence-corrected chi connectivity index (χ3v) is 3.84. The molecule has 0 spiro atoms. The molecule has 0 fully saturated rings. The molecule has 2 N–H and O–H groups in total. The third-order valence-electron chi connectivity index (χ3n) is 3.84. The van der Waals surface area contributed by atoms with Gasteiger partial charge in [0.2, 0.25) is 0 Å². The van der Waals surface area contributed by atoms with Crippen molar-refractivity contribution >= 4 is 11.6 Å². The standard InChI is InChI=1S/C22H22N2O2/c25-22(24-17-9-16-23-18-10-3-1-4-11-18)20-14-7-8-15-21(20)26-19-12-5-2-6-13-19/h1-8,10-15,23H,9,16-17H2,(H,24,25). The van der Waals surface area contributed by atoms with Gasteiger partial charge in [0.05, 0.1) is 5.56 Å². The van der Waals surface area contributed by atoms with Crippen molar-refractivity contribution in [3.63, 3.8) is 0 Å². The summed E-state index contributed by atoms with van der Waals surface area (Å²) < 4.78 is 5.84. The first-order valence-electron chi connectivity index (χ1n) is 8.72. The van der Waals surface area contributed by atoms with Gasteiger partial charge in [-0.3, -0.25) is 4.79 Å². The third kappa shape index (κ3) is 5.11. The van der Waals surface area contributed by atoms with Crippen LogP contribution in [0.4, 0.5) is 5.69 Å². The Morgan fingerprint density at radius 3 is 2.19 bits per heavy atom. The van der Waals surface area contributed by atoms with E-state index in [1.807, 2.05) is 72.8 Å². The van der Waals surface area contributed by atoms with Crippen molar-refractivity contribution in [3.05, 3.63) is 90.5 Å². The summed E-state index contributed by atoms with van der Waals surface area (Å²) >= 11 is 0. The van der Waals surface area contributed by atoms with Crippen molar-refractivity contribution in [2.24, 2.45) is 0 Å². The second-order valence-electron chi connectivity index (χ2n) is 5.81. The first-order chi connectivity index (χ1) is 12.8. The molecule has 3 aromatic carbocycles. The van der Waals surface area contributed by atoms with Crippen LogP contribution in [0.2, 0.25) is 0 Å². The number of para-hydroxylation sites is 3. The SMILES string of the molecule is O=C(NCCCNc1ccccc1)c1ccccc1Oc1ccccc1. The Morgan fingerprint density at radius 1 is 0.769 bits per heavy atom. The van der Waals surface area contributed by atoms with Gasteiger partial charge in [0.25, 0.3) is 5.91 Å². The lowest BCUT2D eigenvalue weighted by molar-refractivity contribution is 0.0951. The predicted octanol–water partition coefficient (Wildman–Crippen LogP) is 4.71. The van der Waals surface area contributed by atoms with Gasteiger partial charge in [-0.25, -0.2) is 0 Å². The highest BCUT2D eigenvalue weighted by Crippen LogP contribution is 2.24. The van der Waals surface area contributed by atoms with E-state index in [0.717, 1.165) is 18.7 Å². The van der Waals surface area contributed by atoms with E-state index in [2.05, 4.69) is 10.6 Å². The lowest BCUT2D eigenvalue weighted by Crippen LogP contribution is -2.26. The minimum absolute atomic E-state index is 0.128. The topological polar surface area (TPSA) is 50.4 Å². The van der Waals surface area contributed by atoms with Gasteiger partial charge in [0, 0.05) is 18.8 Å². The number of anilines is 1. The lowest BCUT2D eigenvalue weighted by Gasteiger charge is -2.12. The molecule has 26 heavy (non-hydrogen) atoms. The van der Waals surface area contributed by atoms with E-state index in [-0.39, 0.29) is 5.91 Å². The average molecular weight is 346 g/mol. The number of amides is 1. The summed E-state index contributed by atoms with van der Waals surface area (Å²) in [5.74, 6) is 1.13. The van der Waals surface area contributed by atoms with Gasteiger partial charge in [-0.05, 0) is 42.8 Å². The maximum absolute atomic E-state index is 12.5. The number of carbonyl (C=O) groups excluding carboxylic acids is 1. The van der Waals surface area contributed by atoms with Gasteiger partial charge in [0.1, 0.15) is 11.5 Å². The minimum Gasteiger partial charge on any atom is -0.457 e. The fourth-order valence-corrected chi connectivity index (χ4v) is 2.53. The van der Waals surface area contributed by atoms with Crippen molar-refractivity contribution in [2.45, 2.75) is 6.42 Å². The molecule has 0 radical (unpaired) electrons. The average Bonchev–Trinajstić information content (AvgIpc) is 2.69. The molecular weight excluding hydrogens is 324 g/mol. The quantitative estimate of drug-likeness (QED) is 0.581. The van der Waals surface area contributed by atoms with Crippen molar-refractivity contribution in [1.82, 2.24) is 5.32 Å². The molecule has 1 amide bonds. The summed E-state index contributed by atoms with van der Waals surface area (Å²) in [4.78, 5) is 12.5. The van der Waals surface area contributed by atoms with Crippen LogP contribution in [0.5, 0.6) is 11.5 Å². The second kappa shape index (κ2) is 9.28. The van der Waals surface area contributed by atoms with E-state index in [0.29, 0.717) is 23.6 Å². The molecule has 0 aliphatic heterocycles. The van der Waals surface area contributed by atoms with E-state index in [1.54, 1.807) is 12.1 Å². The van der Waals surface area contributed by atoms with Gasteiger partial charge in [-0.15, -0.1) is 0 Å². The summed E-state index contributed by atoms with van der Waals surface area (Å²) in [5, 5.41) is 6.28. The summed E-state index contributed by atoms with van der Waals surface area (Å²) in [7, 11) is 0. The van der Waals surface area contributed by atoms with E-state index >= 15 is 0 Å². The summed E-state index contributed by atoms with van der Waals surface area (Å²) in [6, 6.07) is 26.8. The summed E-state index contributed by atoms with van der Waals surface area (Å²) in [5.41, 5.74) is 1.62.